The molecule has 0 aliphatic rings. The summed E-state index contributed by atoms with van der Waals surface area (Å²) in [4.78, 5) is 12.4. The van der Waals surface area contributed by atoms with Gasteiger partial charge in [0.25, 0.3) is 10.0 Å². The number of rotatable bonds is 8. The van der Waals surface area contributed by atoms with Crippen LogP contribution in [0.1, 0.15) is 15.9 Å². The maximum absolute atomic E-state index is 13.0. The summed E-state index contributed by atoms with van der Waals surface area (Å²) in [5.41, 5.74) is 2.74. The Hall–Kier alpha value is -3.10. The number of halogens is 1. The molecule has 160 valence electrons. The van der Waals surface area contributed by atoms with Gasteiger partial charge in [0.15, 0.2) is 5.78 Å². The largest absolute Gasteiger partial charge is 0.350 e. The minimum absolute atomic E-state index is 0.0293. The number of anilines is 2. The molecule has 3 aromatic carbocycles. The normalized spacial score (nSPS) is 11.8. The number of hydrogen-bond acceptors (Lipinski definition) is 5. The lowest BCUT2D eigenvalue weighted by atomic mass is 10.1. The zero-order chi connectivity index (χ0) is 22.4. The molecule has 5 nitrogen and oxygen atoms in total. The van der Waals surface area contributed by atoms with Gasteiger partial charge in [-0.25, -0.2) is 12.8 Å². The molecule has 0 saturated carbocycles. The third-order valence-corrected chi connectivity index (χ3v) is 6.40. The summed E-state index contributed by atoms with van der Waals surface area (Å²) in [5.74, 6) is -0.617. The van der Waals surface area contributed by atoms with E-state index in [0.717, 1.165) is 17.7 Å². The maximum atomic E-state index is 13.0. The molecule has 3 aromatic rings. The Labute approximate surface area is 185 Å². The van der Waals surface area contributed by atoms with Gasteiger partial charge in [-0.05, 0) is 61.7 Å². The lowest BCUT2D eigenvalue weighted by Gasteiger charge is -2.11. The van der Waals surface area contributed by atoms with Crippen molar-refractivity contribution in [2.45, 2.75) is 11.8 Å². The molecule has 0 radical (unpaired) electrons. The molecule has 0 aromatic heterocycles. The van der Waals surface area contributed by atoms with Gasteiger partial charge in [-0.3, -0.25) is 9.52 Å². The lowest BCUT2D eigenvalue weighted by Crippen LogP contribution is -2.12. The molecule has 0 spiro atoms. The molecule has 0 atom stereocenters. The van der Waals surface area contributed by atoms with Crippen molar-refractivity contribution in [2.24, 2.45) is 0 Å². The number of nitrogens with one attached hydrogen (secondary N) is 2. The van der Waals surface area contributed by atoms with Crippen molar-refractivity contribution in [1.82, 2.24) is 0 Å². The van der Waals surface area contributed by atoms with Gasteiger partial charge in [0.05, 0.1) is 9.92 Å². The zero-order valence-electron chi connectivity index (χ0n) is 16.9. The van der Waals surface area contributed by atoms with Crippen LogP contribution in [0.25, 0.3) is 0 Å². The fourth-order valence-electron chi connectivity index (χ4n) is 2.66. The lowest BCUT2D eigenvalue weighted by molar-refractivity contribution is 0.104. The highest BCUT2D eigenvalue weighted by molar-refractivity contribution is 8.02. The van der Waals surface area contributed by atoms with E-state index in [4.69, 9.17) is 0 Å². The third-order valence-electron chi connectivity index (χ3n) is 4.35. The van der Waals surface area contributed by atoms with Gasteiger partial charge in [0, 0.05) is 23.0 Å². The minimum Gasteiger partial charge on any atom is -0.350 e. The first-order chi connectivity index (χ1) is 14.8. The van der Waals surface area contributed by atoms with Crippen LogP contribution in [0.3, 0.4) is 0 Å². The molecule has 0 aliphatic heterocycles. The van der Waals surface area contributed by atoms with Gasteiger partial charge in [-0.15, -0.1) is 11.8 Å². The Bertz CT molecular complexity index is 1190. The van der Waals surface area contributed by atoms with E-state index in [1.165, 1.54) is 30.0 Å². The van der Waals surface area contributed by atoms with Gasteiger partial charge in [0.1, 0.15) is 5.82 Å². The quantitative estimate of drug-likeness (QED) is 0.349. The second-order valence-corrected chi connectivity index (χ2v) is 9.24. The maximum Gasteiger partial charge on any atom is 0.261 e. The van der Waals surface area contributed by atoms with Crippen LogP contribution >= 0.6 is 11.8 Å². The predicted octanol–water partition coefficient (Wildman–Crippen LogP) is 5.43. The molecular formula is C23H21FN2O3S2. The van der Waals surface area contributed by atoms with Crippen LogP contribution in [0.2, 0.25) is 0 Å². The summed E-state index contributed by atoms with van der Waals surface area (Å²) in [7, 11) is -3.82. The van der Waals surface area contributed by atoms with E-state index in [9.17, 15) is 17.6 Å². The Balaban J connectivity index is 1.69. The second kappa shape index (κ2) is 9.80. The van der Waals surface area contributed by atoms with Crippen LogP contribution in [0.15, 0.2) is 88.8 Å². The number of carbonyl (C=O) groups excluding carboxylic acids is 1. The first-order valence-electron chi connectivity index (χ1n) is 9.29. The topological polar surface area (TPSA) is 75.3 Å². The van der Waals surface area contributed by atoms with Gasteiger partial charge < -0.3 is 5.32 Å². The van der Waals surface area contributed by atoms with E-state index in [-0.39, 0.29) is 10.7 Å². The molecule has 31 heavy (non-hydrogen) atoms. The molecule has 3 rings (SSSR count). The molecular weight excluding hydrogens is 435 g/mol. The van der Waals surface area contributed by atoms with E-state index < -0.39 is 15.8 Å². The number of allylic oxidation sites excluding steroid dienone is 1. The monoisotopic (exact) mass is 456 g/mol. The van der Waals surface area contributed by atoms with Crippen molar-refractivity contribution >= 4 is 38.9 Å². The molecule has 8 heteroatoms. The van der Waals surface area contributed by atoms with Crippen LogP contribution in [-0.2, 0) is 10.0 Å². The highest BCUT2D eigenvalue weighted by Gasteiger charge is 2.14. The van der Waals surface area contributed by atoms with Gasteiger partial charge in [-0.1, -0.05) is 29.8 Å². The van der Waals surface area contributed by atoms with Crippen LogP contribution < -0.4 is 10.0 Å². The van der Waals surface area contributed by atoms with E-state index >= 15 is 0 Å². The van der Waals surface area contributed by atoms with Crippen molar-refractivity contribution in [1.29, 1.82) is 0 Å². The molecule has 0 fully saturated rings. The van der Waals surface area contributed by atoms with Crippen molar-refractivity contribution in [3.63, 3.8) is 0 Å². The average molecular weight is 457 g/mol. The summed E-state index contributed by atoms with van der Waals surface area (Å²) >= 11 is 1.39. The molecule has 0 saturated heterocycles. The van der Waals surface area contributed by atoms with Crippen molar-refractivity contribution in [2.75, 3.05) is 16.3 Å². The van der Waals surface area contributed by atoms with Crippen molar-refractivity contribution in [3.8, 4) is 0 Å². The van der Waals surface area contributed by atoms with Crippen LogP contribution in [-0.4, -0.2) is 20.5 Å². The number of thioether (sulfide) groups is 1. The number of carbonyl (C=O) groups is 1. The predicted molar refractivity (Wildman–Crippen MR) is 124 cm³/mol. The number of ketones is 1. The first kappa shape index (κ1) is 22.6. The third kappa shape index (κ3) is 6.19. The smallest absolute Gasteiger partial charge is 0.261 e. The Morgan fingerprint density at radius 2 is 1.48 bits per heavy atom. The standard InChI is InChI=1S/C23H21FN2O3S2/c1-16-3-5-17(6-4-16)22(27)15-23(30-2)25-19-9-11-20(12-10-19)26-31(28,29)21-13-7-18(24)8-14-21/h3-15,25-26H,1-2H3/b23-15-. The number of aryl methyl sites for hydroxylation is 1. The second-order valence-electron chi connectivity index (χ2n) is 6.70. The summed E-state index contributed by atoms with van der Waals surface area (Å²) in [6.45, 7) is 1.96. The summed E-state index contributed by atoms with van der Waals surface area (Å²) in [5, 5.41) is 3.81. The number of hydrogen-bond donors (Lipinski definition) is 2. The molecule has 0 heterocycles. The Kier molecular flexibility index (Phi) is 7.14. The van der Waals surface area contributed by atoms with E-state index in [1.807, 2.05) is 25.3 Å². The number of sulfonamides is 1. The molecule has 0 aliphatic carbocycles. The SMILES string of the molecule is CS/C(=C\C(=O)c1ccc(C)cc1)Nc1ccc(NS(=O)(=O)c2ccc(F)cc2)cc1. The van der Waals surface area contributed by atoms with Crippen LogP contribution in [0.5, 0.6) is 0 Å². The Morgan fingerprint density at radius 3 is 2.06 bits per heavy atom. The first-order valence-corrected chi connectivity index (χ1v) is 12.0. The highest BCUT2D eigenvalue weighted by atomic mass is 32.2. The fraction of sp³-hybridized carbons (Fsp3) is 0.0870. The molecule has 0 bridgehead atoms. The van der Waals surface area contributed by atoms with E-state index in [2.05, 4.69) is 10.0 Å². The Morgan fingerprint density at radius 1 is 0.903 bits per heavy atom. The van der Waals surface area contributed by atoms with E-state index in [1.54, 1.807) is 36.4 Å². The molecule has 0 unspecified atom stereocenters. The van der Waals surface area contributed by atoms with Crippen LogP contribution in [0, 0.1) is 12.7 Å². The van der Waals surface area contributed by atoms with Gasteiger partial charge in [0.2, 0.25) is 0 Å². The van der Waals surface area contributed by atoms with Crippen molar-refractivity contribution in [3.05, 3.63) is 101 Å². The zero-order valence-corrected chi connectivity index (χ0v) is 18.6. The summed E-state index contributed by atoms with van der Waals surface area (Å²) in [6, 6.07) is 18.5. The summed E-state index contributed by atoms with van der Waals surface area (Å²) in [6.07, 6.45) is 3.38. The van der Waals surface area contributed by atoms with Crippen LogP contribution in [0.4, 0.5) is 15.8 Å². The van der Waals surface area contributed by atoms with Gasteiger partial charge in [-0.2, -0.15) is 0 Å². The summed E-state index contributed by atoms with van der Waals surface area (Å²) < 4.78 is 40.3. The fourth-order valence-corrected chi connectivity index (χ4v) is 4.16. The average Bonchev–Trinajstić information content (AvgIpc) is 2.75. The van der Waals surface area contributed by atoms with E-state index in [0.29, 0.717) is 22.0 Å². The molecule has 0 amide bonds. The number of benzene rings is 3. The van der Waals surface area contributed by atoms with Crippen molar-refractivity contribution < 1.29 is 17.6 Å². The molecule has 2 N–H and O–H groups in total. The highest BCUT2D eigenvalue weighted by Crippen LogP contribution is 2.22. The minimum atomic E-state index is -3.82. The van der Waals surface area contributed by atoms with Gasteiger partial charge >= 0.3 is 0 Å².